The number of nitrogens with zero attached hydrogens (tertiary/aromatic N) is 1. The molecule has 4 rings (SSSR count). The molecule has 2 aromatic carbocycles. The minimum Gasteiger partial charge on any atom is -0.324 e. The van der Waals surface area contributed by atoms with Crippen LogP contribution in [0.15, 0.2) is 54.6 Å². The van der Waals surface area contributed by atoms with Gasteiger partial charge in [0.05, 0.1) is 0 Å². The molecule has 2 amide bonds. The van der Waals surface area contributed by atoms with Gasteiger partial charge in [0.15, 0.2) is 0 Å². The minimum atomic E-state index is 0.0193. The van der Waals surface area contributed by atoms with Crippen molar-refractivity contribution >= 4 is 11.7 Å². The molecule has 0 aliphatic carbocycles. The fraction of sp³-hybridized carbons (Fsp3) is 0.435. The Labute approximate surface area is 162 Å². The maximum Gasteiger partial charge on any atom is 0.321 e. The number of anilines is 1. The predicted molar refractivity (Wildman–Crippen MR) is 110 cm³/mol. The fourth-order valence-electron chi connectivity index (χ4n) is 4.61. The fourth-order valence-corrected chi connectivity index (χ4v) is 4.61. The molecule has 2 aromatic rings. The van der Waals surface area contributed by atoms with Crippen LogP contribution in [0, 0.1) is 6.92 Å². The predicted octanol–water partition coefficient (Wildman–Crippen LogP) is 4.53. The molecule has 0 radical (unpaired) electrons. The molecule has 4 nitrogen and oxygen atoms in total. The van der Waals surface area contributed by atoms with Crippen molar-refractivity contribution in [1.82, 2.24) is 10.2 Å². The van der Waals surface area contributed by atoms with Crippen LogP contribution in [0.1, 0.15) is 42.7 Å². The topological polar surface area (TPSA) is 44.4 Å². The normalized spacial score (nSPS) is 21.8. The van der Waals surface area contributed by atoms with Crippen LogP contribution in [0.2, 0.25) is 0 Å². The van der Waals surface area contributed by atoms with Gasteiger partial charge in [-0.1, -0.05) is 42.5 Å². The molecule has 4 heteroatoms. The van der Waals surface area contributed by atoms with Crippen LogP contribution >= 0.6 is 0 Å². The lowest BCUT2D eigenvalue weighted by molar-refractivity contribution is 0.121. The minimum absolute atomic E-state index is 0.0193. The number of rotatable bonds is 2. The molecule has 2 N–H and O–H groups in total. The number of benzene rings is 2. The second-order valence-corrected chi connectivity index (χ2v) is 8.09. The molecule has 142 valence electrons. The van der Waals surface area contributed by atoms with Gasteiger partial charge in [0.2, 0.25) is 0 Å². The summed E-state index contributed by atoms with van der Waals surface area (Å²) in [6.45, 7) is 4.73. The van der Waals surface area contributed by atoms with Crippen LogP contribution in [0.3, 0.4) is 0 Å². The monoisotopic (exact) mass is 363 g/mol. The van der Waals surface area contributed by atoms with Gasteiger partial charge in [-0.3, -0.25) is 0 Å². The third-order valence-electron chi connectivity index (χ3n) is 6.18. The Morgan fingerprint density at radius 2 is 1.89 bits per heavy atom. The smallest absolute Gasteiger partial charge is 0.321 e. The van der Waals surface area contributed by atoms with Crippen LogP contribution < -0.4 is 10.6 Å². The van der Waals surface area contributed by atoms with E-state index in [9.17, 15) is 4.79 Å². The molecular weight excluding hydrogens is 334 g/mol. The van der Waals surface area contributed by atoms with Gasteiger partial charge in [-0.05, 0) is 68.3 Å². The number of hydrogen-bond acceptors (Lipinski definition) is 2. The zero-order valence-electron chi connectivity index (χ0n) is 16.1. The number of urea groups is 1. The van der Waals surface area contributed by atoms with Gasteiger partial charge < -0.3 is 15.5 Å². The Hall–Kier alpha value is -2.33. The number of hydrogen-bond donors (Lipinski definition) is 2. The third-order valence-corrected chi connectivity index (χ3v) is 6.18. The number of carbonyl (C=O) groups excluding carboxylic acids is 1. The molecule has 1 atom stereocenters. The summed E-state index contributed by atoms with van der Waals surface area (Å²) < 4.78 is 0. The second kappa shape index (κ2) is 7.73. The average Bonchev–Trinajstić information content (AvgIpc) is 2.69. The van der Waals surface area contributed by atoms with Crippen molar-refractivity contribution in [2.24, 2.45) is 0 Å². The van der Waals surface area contributed by atoms with Gasteiger partial charge in [0.25, 0.3) is 0 Å². The van der Waals surface area contributed by atoms with E-state index in [1.54, 1.807) is 0 Å². The standard InChI is InChI=1S/C23H29N3O/c1-18-6-5-9-21(16-18)25-22(27)26-14-11-23(12-15-26)17-20(10-13-24-23)19-7-3-2-4-8-19/h2-9,16,20,24H,10-15,17H2,1H3,(H,25,27). The maximum absolute atomic E-state index is 12.6. The van der Waals surface area contributed by atoms with Gasteiger partial charge in [-0.15, -0.1) is 0 Å². The van der Waals surface area contributed by atoms with E-state index in [4.69, 9.17) is 0 Å². The number of nitrogens with one attached hydrogen (secondary N) is 2. The van der Waals surface area contributed by atoms with Crippen molar-refractivity contribution in [3.05, 3.63) is 65.7 Å². The first-order valence-electron chi connectivity index (χ1n) is 10.1. The molecule has 2 aliphatic rings. The first-order chi connectivity index (χ1) is 13.1. The third kappa shape index (κ3) is 4.16. The summed E-state index contributed by atoms with van der Waals surface area (Å²) >= 11 is 0. The van der Waals surface area contributed by atoms with E-state index in [0.29, 0.717) is 5.92 Å². The second-order valence-electron chi connectivity index (χ2n) is 8.09. The summed E-state index contributed by atoms with van der Waals surface area (Å²) in [6, 6.07) is 18.9. The maximum atomic E-state index is 12.6. The Balaban J connectivity index is 1.36. The Morgan fingerprint density at radius 1 is 1.11 bits per heavy atom. The Bertz CT molecular complexity index is 781. The van der Waals surface area contributed by atoms with Gasteiger partial charge >= 0.3 is 6.03 Å². The summed E-state index contributed by atoms with van der Waals surface area (Å²) in [5.74, 6) is 0.625. The number of piperidine rings is 2. The van der Waals surface area contributed by atoms with Crippen molar-refractivity contribution in [2.75, 3.05) is 25.0 Å². The molecule has 0 aromatic heterocycles. The van der Waals surface area contributed by atoms with Crippen LogP contribution in [0.5, 0.6) is 0 Å². The largest absolute Gasteiger partial charge is 0.324 e. The molecule has 1 unspecified atom stereocenters. The van der Waals surface area contributed by atoms with E-state index >= 15 is 0 Å². The Kier molecular flexibility index (Phi) is 5.17. The SMILES string of the molecule is Cc1cccc(NC(=O)N2CCC3(CC2)CC(c2ccccc2)CCN3)c1. The quantitative estimate of drug-likeness (QED) is 0.823. The highest BCUT2D eigenvalue weighted by Gasteiger charge is 2.40. The lowest BCUT2D eigenvalue weighted by Crippen LogP contribution is -2.57. The molecule has 27 heavy (non-hydrogen) atoms. The molecule has 0 saturated carbocycles. The van der Waals surface area contributed by atoms with E-state index in [0.717, 1.165) is 43.7 Å². The highest BCUT2D eigenvalue weighted by atomic mass is 16.2. The summed E-state index contributed by atoms with van der Waals surface area (Å²) in [7, 11) is 0. The molecular formula is C23H29N3O. The molecule has 2 saturated heterocycles. The van der Waals surface area contributed by atoms with E-state index in [1.807, 2.05) is 36.1 Å². The highest BCUT2D eigenvalue weighted by molar-refractivity contribution is 5.89. The van der Waals surface area contributed by atoms with E-state index in [-0.39, 0.29) is 11.6 Å². The zero-order chi connectivity index (χ0) is 18.7. The van der Waals surface area contributed by atoms with E-state index < -0.39 is 0 Å². The number of aryl methyl sites for hydroxylation is 1. The van der Waals surface area contributed by atoms with Crippen molar-refractivity contribution in [2.45, 2.75) is 44.1 Å². The highest BCUT2D eigenvalue weighted by Crippen LogP contribution is 2.38. The molecule has 1 spiro atoms. The van der Waals surface area contributed by atoms with Gasteiger partial charge in [-0.25, -0.2) is 4.79 Å². The van der Waals surface area contributed by atoms with Gasteiger partial charge in [-0.2, -0.15) is 0 Å². The summed E-state index contributed by atoms with van der Waals surface area (Å²) in [5.41, 5.74) is 3.67. The van der Waals surface area contributed by atoms with Crippen LogP contribution in [-0.4, -0.2) is 36.1 Å². The number of likely N-dealkylation sites (tertiary alicyclic amines) is 1. The molecule has 0 bridgehead atoms. The van der Waals surface area contributed by atoms with Crippen molar-refractivity contribution in [3.63, 3.8) is 0 Å². The van der Waals surface area contributed by atoms with Crippen LogP contribution in [0.25, 0.3) is 0 Å². The summed E-state index contributed by atoms with van der Waals surface area (Å²) in [6.07, 6.45) is 4.42. The van der Waals surface area contributed by atoms with Crippen LogP contribution in [0.4, 0.5) is 10.5 Å². The Morgan fingerprint density at radius 3 is 2.63 bits per heavy atom. The number of carbonyl (C=O) groups is 1. The molecule has 2 aliphatic heterocycles. The van der Waals surface area contributed by atoms with E-state index in [1.165, 1.54) is 18.4 Å². The molecule has 2 heterocycles. The average molecular weight is 364 g/mol. The van der Waals surface area contributed by atoms with Crippen molar-refractivity contribution < 1.29 is 4.79 Å². The van der Waals surface area contributed by atoms with Gasteiger partial charge in [0, 0.05) is 24.3 Å². The zero-order valence-corrected chi connectivity index (χ0v) is 16.1. The lowest BCUT2D eigenvalue weighted by Gasteiger charge is -2.47. The van der Waals surface area contributed by atoms with E-state index in [2.05, 4.69) is 41.0 Å². The van der Waals surface area contributed by atoms with Crippen molar-refractivity contribution in [1.29, 1.82) is 0 Å². The van der Waals surface area contributed by atoms with Crippen LogP contribution in [-0.2, 0) is 0 Å². The summed E-state index contributed by atoms with van der Waals surface area (Å²) in [4.78, 5) is 14.6. The first-order valence-corrected chi connectivity index (χ1v) is 10.1. The number of amides is 2. The first kappa shape index (κ1) is 18.1. The lowest BCUT2D eigenvalue weighted by atomic mass is 9.74. The molecule has 2 fully saturated rings. The van der Waals surface area contributed by atoms with Gasteiger partial charge in [0.1, 0.15) is 0 Å². The summed E-state index contributed by atoms with van der Waals surface area (Å²) in [5, 5.41) is 6.84. The van der Waals surface area contributed by atoms with Crippen molar-refractivity contribution in [3.8, 4) is 0 Å².